The van der Waals surface area contributed by atoms with E-state index < -0.39 is 0 Å². The highest BCUT2D eigenvalue weighted by Gasteiger charge is 2.41. The first-order chi connectivity index (χ1) is 12.9. The number of hydrogen-bond donors (Lipinski definition) is 0. The fourth-order valence-electron chi connectivity index (χ4n) is 4.44. The van der Waals surface area contributed by atoms with Crippen molar-refractivity contribution in [3.8, 4) is 0 Å². The van der Waals surface area contributed by atoms with Crippen molar-refractivity contribution < 1.29 is 9.53 Å². The summed E-state index contributed by atoms with van der Waals surface area (Å²) >= 11 is 0. The number of aryl methyl sites for hydroxylation is 1. The molecule has 1 aromatic heterocycles. The van der Waals surface area contributed by atoms with Crippen LogP contribution in [0, 0.1) is 12.3 Å². The minimum Gasteiger partial charge on any atom is -0.385 e. The number of methoxy groups -OCH3 is 1. The van der Waals surface area contributed by atoms with E-state index in [4.69, 9.17) is 9.72 Å². The van der Waals surface area contributed by atoms with Crippen LogP contribution in [0.2, 0.25) is 0 Å². The van der Waals surface area contributed by atoms with Gasteiger partial charge in [0.2, 0.25) is 5.91 Å². The molecule has 27 heavy (non-hydrogen) atoms. The summed E-state index contributed by atoms with van der Waals surface area (Å²) in [6.45, 7) is 10.7. The number of hydrogen-bond acceptors (Lipinski definition) is 5. The lowest BCUT2D eigenvalue weighted by molar-refractivity contribution is -0.138. The van der Waals surface area contributed by atoms with Gasteiger partial charge < -0.3 is 14.5 Å². The first-order valence-electron chi connectivity index (χ1n) is 10.3. The average Bonchev–Trinajstić information content (AvgIpc) is 2.64. The molecule has 3 rings (SSSR count). The fourth-order valence-corrected chi connectivity index (χ4v) is 4.44. The predicted molar refractivity (Wildman–Crippen MR) is 107 cm³/mol. The molecule has 0 saturated carbocycles. The second-order valence-corrected chi connectivity index (χ2v) is 8.57. The zero-order valence-corrected chi connectivity index (χ0v) is 17.3. The second-order valence-electron chi connectivity index (χ2n) is 8.57. The highest BCUT2D eigenvalue weighted by Crippen LogP contribution is 2.40. The van der Waals surface area contributed by atoms with Gasteiger partial charge in [-0.2, -0.15) is 0 Å². The quantitative estimate of drug-likeness (QED) is 0.716. The number of carbonyl (C=O) groups is 1. The minimum atomic E-state index is 0.191. The van der Waals surface area contributed by atoms with Gasteiger partial charge in [0.15, 0.2) is 0 Å². The predicted octanol–water partition coefficient (Wildman–Crippen LogP) is 3.15. The molecule has 2 aliphatic rings. The summed E-state index contributed by atoms with van der Waals surface area (Å²) in [6.07, 6.45) is 4.91. The molecule has 150 valence electrons. The molecule has 1 spiro atoms. The lowest BCUT2D eigenvalue weighted by Crippen LogP contribution is -2.54. The molecular weight excluding hydrogens is 340 g/mol. The van der Waals surface area contributed by atoms with Gasteiger partial charge in [0.25, 0.3) is 0 Å². The second kappa shape index (κ2) is 8.55. The van der Waals surface area contributed by atoms with Crippen LogP contribution in [0.15, 0.2) is 6.07 Å². The van der Waals surface area contributed by atoms with Crippen LogP contribution in [-0.4, -0.2) is 60.7 Å². The number of amides is 1. The van der Waals surface area contributed by atoms with E-state index in [1.807, 2.05) is 6.92 Å². The summed E-state index contributed by atoms with van der Waals surface area (Å²) in [6, 6.07) is 2.11. The molecule has 1 atom stereocenters. The molecule has 6 nitrogen and oxygen atoms in total. The summed E-state index contributed by atoms with van der Waals surface area (Å²) in [4.78, 5) is 26.3. The van der Waals surface area contributed by atoms with E-state index in [0.717, 1.165) is 62.8 Å². The Balaban J connectivity index is 1.74. The molecule has 0 aliphatic carbocycles. The Kier molecular flexibility index (Phi) is 6.35. The Morgan fingerprint density at radius 1 is 1.26 bits per heavy atom. The normalized spacial score (nSPS) is 23.5. The smallest absolute Gasteiger partial charge is 0.222 e. The van der Waals surface area contributed by atoms with E-state index >= 15 is 0 Å². The maximum atomic E-state index is 12.4. The zero-order chi connectivity index (χ0) is 19.4. The largest absolute Gasteiger partial charge is 0.385 e. The molecule has 6 heteroatoms. The molecule has 3 heterocycles. The van der Waals surface area contributed by atoms with E-state index in [1.165, 1.54) is 6.42 Å². The van der Waals surface area contributed by atoms with Crippen molar-refractivity contribution in [3.05, 3.63) is 17.6 Å². The van der Waals surface area contributed by atoms with E-state index in [2.05, 4.69) is 34.7 Å². The van der Waals surface area contributed by atoms with Crippen LogP contribution in [0.25, 0.3) is 0 Å². The van der Waals surface area contributed by atoms with Crippen LogP contribution >= 0.6 is 0 Å². The van der Waals surface area contributed by atoms with Crippen molar-refractivity contribution in [2.24, 2.45) is 5.41 Å². The van der Waals surface area contributed by atoms with Gasteiger partial charge in [0, 0.05) is 69.4 Å². The van der Waals surface area contributed by atoms with E-state index in [0.29, 0.717) is 24.9 Å². The topological polar surface area (TPSA) is 58.6 Å². The Bertz CT molecular complexity index is 664. The lowest BCUT2D eigenvalue weighted by atomic mass is 9.73. The first kappa shape index (κ1) is 20.1. The standard InChI is InChI=1S/C21H34N4O2/c1-16(2)20-22-17(3)13-18(23-20)24-10-5-8-21(14-24)9-7-19(26)25(15-21)11-6-12-27-4/h13,16H,5-12,14-15H2,1-4H3. The molecule has 2 fully saturated rings. The number of rotatable bonds is 6. The zero-order valence-electron chi connectivity index (χ0n) is 17.3. The highest BCUT2D eigenvalue weighted by molar-refractivity contribution is 5.77. The van der Waals surface area contributed by atoms with Crippen LogP contribution in [0.3, 0.4) is 0 Å². The maximum Gasteiger partial charge on any atom is 0.222 e. The van der Waals surface area contributed by atoms with Gasteiger partial charge in [-0.15, -0.1) is 0 Å². The first-order valence-corrected chi connectivity index (χ1v) is 10.3. The molecule has 1 unspecified atom stereocenters. The van der Waals surface area contributed by atoms with Gasteiger partial charge in [0.1, 0.15) is 11.6 Å². The van der Waals surface area contributed by atoms with Crippen LogP contribution in [0.1, 0.15) is 63.4 Å². The van der Waals surface area contributed by atoms with Gasteiger partial charge in [-0.25, -0.2) is 9.97 Å². The van der Waals surface area contributed by atoms with Gasteiger partial charge in [-0.3, -0.25) is 4.79 Å². The number of aromatic nitrogens is 2. The molecule has 0 aromatic carbocycles. The average molecular weight is 375 g/mol. The summed E-state index contributed by atoms with van der Waals surface area (Å²) in [5, 5.41) is 0. The van der Waals surface area contributed by atoms with Crippen LogP contribution in [0.5, 0.6) is 0 Å². The van der Waals surface area contributed by atoms with Gasteiger partial charge in [0.05, 0.1) is 0 Å². The highest BCUT2D eigenvalue weighted by atomic mass is 16.5. The van der Waals surface area contributed by atoms with Crippen molar-refractivity contribution in [2.75, 3.05) is 44.8 Å². The fraction of sp³-hybridized carbons (Fsp3) is 0.762. The van der Waals surface area contributed by atoms with E-state index in [-0.39, 0.29) is 5.41 Å². The molecular formula is C21H34N4O2. The third-order valence-electron chi connectivity index (χ3n) is 5.88. The SMILES string of the molecule is COCCCN1CC2(CCCN(c3cc(C)nc(C(C)C)n3)C2)CCC1=O. The molecule has 2 aliphatic heterocycles. The third kappa shape index (κ3) is 4.78. The Morgan fingerprint density at radius 3 is 2.81 bits per heavy atom. The summed E-state index contributed by atoms with van der Waals surface area (Å²) in [7, 11) is 1.72. The lowest BCUT2D eigenvalue weighted by Gasteiger charge is -2.48. The van der Waals surface area contributed by atoms with Crippen molar-refractivity contribution in [1.82, 2.24) is 14.9 Å². The van der Waals surface area contributed by atoms with Crippen molar-refractivity contribution in [2.45, 2.75) is 58.8 Å². The molecule has 1 aromatic rings. The molecule has 0 bridgehead atoms. The number of carbonyl (C=O) groups excluding carboxylic acids is 1. The molecule has 2 saturated heterocycles. The number of likely N-dealkylation sites (tertiary alicyclic amines) is 1. The van der Waals surface area contributed by atoms with Crippen LogP contribution in [0.4, 0.5) is 5.82 Å². The number of nitrogens with zero attached hydrogens (tertiary/aromatic N) is 4. The minimum absolute atomic E-state index is 0.191. The number of piperidine rings is 2. The van der Waals surface area contributed by atoms with Crippen molar-refractivity contribution in [1.29, 1.82) is 0 Å². The third-order valence-corrected chi connectivity index (χ3v) is 5.88. The monoisotopic (exact) mass is 374 g/mol. The van der Waals surface area contributed by atoms with E-state index in [9.17, 15) is 4.79 Å². The Morgan fingerprint density at radius 2 is 2.07 bits per heavy atom. The van der Waals surface area contributed by atoms with Crippen LogP contribution < -0.4 is 4.90 Å². The van der Waals surface area contributed by atoms with Gasteiger partial charge in [-0.1, -0.05) is 13.8 Å². The van der Waals surface area contributed by atoms with Crippen molar-refractivity contribution >= 4 is 11.7 Å². The summed E-state index contributed by atoms with van der Waals surface area (Å²) in [5.41, 5.74) is 1.22. The summed E-state index contributed by atoms with van der Waals surface area (Å²) in [5.74, 6) is 2.59. The number of anilines is 1. The Labute approximate surface area is 163 Å². The molecule has 1 amide bonds. The Hall–Kier alpha value is -1.69. The molecule has 0 N–H and O–H groups in total. The van der Waals surface area contributed by atoms with Gasteiger partial charge >= 0.3 is 0 Å². The maximum absolute atomic E-state index is 12.4. The summed E-state index contributed by atoms with van der Waals surface area (Å²) < 4.78 is 5.16. The van der Waals surface area contributed by atoms with Gasteiger partial charge in [-0.05, 0) is 32.6 Å². The van der Waals surface area contributed by atoms with E-state index in [1.54, 1.807) is 7.11 Å². The molecule has 0 radical (unpaired) electrons. The van der Waals surface area contributed by atoms with Crippen LogP contribution in [-0.2, 0) is 9.53 Å². The number of ether oxygens (including phenoxy) is 1. The van der Waals surface area contributed by atoms with Crippen molar-refractivity contribution in [3.63, 3.8) is 0 Å².